The molecule has 0 saturated heterocycles. The van der Waals surface area contributed by atoms with Gasteiger partial charge in [0.15, 0.2) is 5.65 Å². The maximum Gasteiger partial charge on any atom is 0.165 e. The Bertz CT molecular complexity index is 1160. The Morgan fingerprint density at radius 3 is 2.26 bits per heavy atom. The summed E-state index contributed by atoms with van der Waals surface area (Å²) >= 11 is 0. The molecule has 0 aliphatic rings. The lowest BCUT2D eigenvalue weighted by Gasteiger charge is -2.07. The molecule has 0 aliphatic carbocycles. The third-order valence-corrected chi connectivity index (χ3v) is 4.21. The van der Waals surface area contributed by atoms with Crippen LogP contribution in [0.3, 0.4) is 0 Å². The van der Waals surface area contributed by atoms with E-state index in [1.54, 1.807) is 0 Å². The molecule has 3 heterocycles. The van der Waals surface area contributed by atoms with Crippen molar-refractivity contribution in [1.29, 1.82) is 0 Å². The van der Waals surface area contributed by atoms with Gasteiger partial charge < -0.3 is 0 Å². The van der Waals surface area contributed by atoms with Crippen LogP contribution in [0, 0.1) is 0 Å². The highest BCUT2D eigenvalue weighted by atomic mass is 15.1. The van der Waals surface area contributed by atoms with Crippen LogP contribution in [0.5, 0.6) is 0 Å². The molecule has 0 radical (unpaired) electrons. The number of hydrogen-bond acceptors (Lipinski definition) is 2. The van der Waals surface area contributed by atoms with Crippen molar-refractivity contribution >= 4 is 27.6 Å². The summed E-state index contributed by atoms with van der Waals surface area (Å²) in [5.74, 6) is 0. The first-order valence-corrected chi connectivity index (χ1v) is 7.63. The van der Waals surface area contributed by atoms with Crippen LogP contribution in [0.1, 0.15) is 0 Å². The molecular weight excluding hydrogens is 282 g/mol. The molecule has 3 aromatic heterocycles. The zero-order valence-electron chi connectivity index (χ0n) is 12.3. The van der Waals surface area contributed by atoms with Gasteiger partial charge in [0.25, 0.3) is 0 Å². The number of nitrogens with zero attached hydrogens (tertiary/aromatic N) is 3. The van der Waals surface area contributed by atoms with Crippen molar-refractivity contribution in [3.05, 3.63) is 79.0 Å². The number of aromatic nitrogens is 3. The summed E-state index contributed by atoms with van der Waals surface area (Å²) in [6.45, 7) is 0. The van der Waals surface area contributed by atoms with E-state index in [9.17, 15) is 0 Å². The second-order valence-corrected chi connectivity index (χ2v) is 5.58. The largest absolute Gasteiger partial charge is 0.284 e. The van der Waals surface area contributed by atoms with E-state index in [0.29, 0.717) is 0 Å². The zero-order valence-corrected chi connectivity index (χ0v) is 12.3. The van der Waals surface area contributed by atoms with Gasteiger partial charge in [-0.1, -0.05) is 60.7 Å². The van der Waals surface area contributed by atoms with Crippen LogP contribution in [-0.2, 0) is 0 Å². The average Bonchev–Trinajstić information content (AvgIpc) is 3.01. The van der Waals surface area contributed by atoms with Crippen molar-refractivity contribution in [2.75, 3.05) is 0 Å². The second kappa shape index (κ2) is 4.65. The summed E-state index contributed by atoms with van der Waals surface area (Å²) < 4.78 is 2.05. The summed E-state index contributed by atoms with van der Waals surface area (Å²) in [5.41, 5.74) is 4.89. The third-order valence-electron chi connectivity index (χ3n) is 4.21. The summed E-state index contributed by atoms with van der Waals surface area (Å²) in [5, 5.41) is 2.27. The molecule has 3 heteroatoms. The van der Waals surface area contributed by atoms with Gasteiger partial charge in [0, 0.05) is 22.5 Å². The molecular formula is C20H13N3. The monoisotopic (exact) mass is 295 g/mol. The minimum Gasteiger partial charge on any atom is -0.284 e. The highest BCUT2D eigenvalue weighted by Crippen LogP contribution is 2.32. The fourth-order valence-electron chi connectivity index (χ4n) is 3.15. The van der Waals surface area contributed by atoms with Gasteiger partial charge in [-0.25, -0.2) is 9.97 Å². The average molecular weight is 295 g/mol. The Morgan fingerprint density at radius 1 is 0.652 bits per heavy atom. The molecule has 2 aromatic carbocycles. The molecule has 0 saturated carbocycles. The van der Waals surface area contributed by atoms with Crippen LogP contribution in [-0.4, -0.2) is 14.4 Å². The predicted molar refractivity (Wildman–Crippen MR) is 93.4 cm³/mol. The molecule has 0 atom stereocenters. The van der Waals surface area contributed by atoms with Crippen LogP contribution in [0.25, 0.3) is 38.8 Å². The molecule has 0 N–H and O–H groups in total. The summed E-state index contributed by atoms with van der Waals surface area (Å²) in [6.07, 6.45) is 2.02. The van der Waals surface area contributed by atoms with Gasteiger partial charge in [0.2, 0.25) is 0 Å². The Balaban J connectivity index is 2.02. The lowest BCUT2D eigenvalue weighted by molar-refractivity contribution is 1.19. The molecule has 0 fully saturated rings. The van der Waals surface area contributed by atoms with Crippen molar-refractivity contribution in [3.63, 3.8) is 0 Å². The molecule has 0 unspecified atom stereocenters. The van der Waals surface area contributed by atoms with Crippen molar-refractivity contribution in [3.8, 4) is 11.3 Å². The van der Waals surface area contributed by atoms with E-state index in [4.69, 9.17) is 9.97 Å². The molecule has 0 aliphatic heterocycles. The van der Waals surface area contributed by atoms with Gasteiger partial charge in [-0.3, -0.25) is 4.40 Å². The molecule has 5 aromatic rings. The van der Waals surface area contributed by atoms with E-state index < -0.39 is 0 Å². The van der Waals surface area contributed by atoms with Gasteiger partial charge in [-0.15, -0.1) is 0 Å². The van der Waals surface area contributed by atoms with E-state index in [1.165, 1.54) is 0 Å². The van der Waals surface area contributed by atoms with Crippen molar-refractivity contribution in [2.24, 2.45) is 0 Å². The van der Waals surface area contributed by atoms with E-state index in [1.807, 2.05) is 47.0 Å². The van der Waals surface area contributed by atoms with E-state index in [2.05, 4.69) is 36.4 Å². The minimum atomic E-state index is 0.901. The van der Waals surface area contributed by atoms with E-state index in [0.717, 1.165) is 38.8 Å². The minimum absolute atomic E-state index is 0.901. The first kappa shape index (κ1) is 12.4. The smallest absolute Gasteiger partial charge is 0.165 e. The van der Waals surface area contributed by atoms with Gasteiger partial charge >= 0.3 is 0 Å². The fraction of sp³-hybridized carbons (Fsp3) is 0. The number of benzene rings is 2. The lowest BCUT2D eigenvalue weighted by atomic mass is 10.0. The van der Waals surface area contributed by atoms with E-state index >= 15 is 0 Å². The number of imidazole rings is 1. The second-order valence-electron chi connectivity index (χ2n) is 5.58. The molecule has 5 rings (SSSR count). The third kappa shape index (κ3) is 1.77. The van der Waals surface area contributed by atoms with Gasteiger partial charge in [0.05, 0.1) is 5.69 Å². The van der Waals surface area contributed by atoms with Gasteiger partial charge in [-0.2, -0.15) is 0 Å². The van der Waals surface area contributed by atoms with Crippen molar-refractivity contribution in [1.82, 2.24) is 14.4 Å². The Morgan fingerprint density at radius 2 is 1.39 bits per heavy atom. The molecule has 0 spiro atoms. The summed E-state index contributed by atoms with van der Waals surface area (Å²) in [6, 6.07) is 24.7. The molecule has 0 bridgehead atoms. The van der Waals surface area contributed by atoms with Crippen LogP contribution in [0.15, 0.2) is 79.0 Å². The quantitative estimate of drug-likeness (QED) is 0.448. The highest BCUT2D eigenvalue weighted by molar-refractivity contribution is 6.09. The maximum atomic E-state index is 4.96. The van der Waals surface area contributed by atoms with Crippen molar-refractivity contribution in [2.45, 2.75) is 0 Å². The van der Waals surface area contributed by atoms with E-state index in [-0.39, 0.29) is 0 Å². The first-order valence-electron chi connectivity index (χ1n) is 7.63. The molecule has 23 heavy (non-hydrogen) atoms. The molecule has 108 valence electrons. The maximum absolute atomic E-state index is 4.96. The van der Waals surface area contributed by atoms with Crippen LogP contribution in [0.2, 0.25) is 0 Å². The van der Waals surface area contributed by atoms with Gasteiger partial charge in [-0.05, 0) is 12.1 Å². The van der Waals surface area contributed by atoms with Crippen LogP contribution >= 0.6 is 0 Å². The lowest BCUT2D eigenvalue weighted by Crippen LogP contribution is -1.91. The van der Waals surface area contributed by atoms with Crippen LogP contribution < -0.4 is 0 Å². The van der Waals surface area contributed by atoms with Crippen LogP contribution in [0.4, 0.5) is 0 Å². The number of hydrogen-bond donors (Lipinski definition) is 0. The Kier molecular flexibility index (Phi) is 2.50. The molecule has 0 amide bonds. The number of pyridine rings is 2. The SMILES string of the molecule is c1ccc(-c2nc3c(nc4ccccn43)c3ccccc23)cc1. The Labute approximate surface area is 132 Å². The fourth-order valence-corrected chi connectivity index (χ4v) is 3.15. The topological polar surface area (TPSA) is 30.2 Å². The number of rotatable bonds is 1. The van der Waals surface area contributed by atoms with Crippen molar-refractivity contribution < 1.29 is 0 Å². The normalized spacial score (nSPS) is 11.5. The van der Waals surface area contributed by atoms with Gasteiger partial charge in [0.1, 0.15) is 11.2 Å². The highest BCUT2D eigenvalue weighted by Gasteiger charge is 2.14. The zero-order chi connectivity index (χ0) is 15.2. The summed E-state index contributed by atoms with van der Waals surface area (Å²) in [7, 11) is 0. The number of fused-ring (bicyclic) bond motifs is 5. The first-order chi connectivity index (χ1) is 11.4. The summed E-state index contributed by atoms with van der Waals surface area (Å²) in [4.78, 5) is 9.74. The predicted octanol–water partition coefficient (Wildman–Crippen LogP) is 4.70. The Hall–Kier alpha value is -3.20. The molecule has 3 nitrogen and oxygen atoms in total. The standard InChI is InChI=1S/C20H13N3/c1-2-8-14(9-3-1)18-15-10-4-5-11-16(15)19-20(22-18)23-13-7-6-12-17(23)21-19/h1-13H.